The zero-order chi connectivity index (χ0) is 7.68. The molecule has 2 aromatic rings. The molecule has 0 radical (unpaired) electrons. The number of rotatable bonds is 1. The molecule has 1 aromatic carbocycles. The van der Waals surface area contributed by atoms with E-state index in [1.54, 1.807) is 18.2 Å². The summed E-state index contributed by atoms with van der Waals surface area (Å²) in [4.78, 5) is 10.3. The van der Waals surface area contributed by atoms with Crippen LogP contribution in [-0.4, -0.2) is 16.7 Å². The smallest absolute Gasteiger partial charge is 0.187 e. The lowest BCUT2D eigenvalue weighted by atomic mass is 10.2. The van der Waals surface area contributed by atoms with Crippen LogP contribution in [0.2, 0.25) is 0 Å². The number of hydrogen-bond donors (Lipinski definition) is 0. The first-order valence-electron chi connectivity index (χ1n) is 3.07. The van der Waals surface area contributed by atoms with Crippen molar-refractivity contribution in [1.29, 1.82) is 0 Å². The first kappa shape index (κ1) is 6.03. The number of aldehydes is 1. The highest BCUT2D eigenvalue weighted by atomic mass is 16.5. The van der Waals surface area contributed by atoms with E-state index < -0.39 is 0 Å². The summed E-state index contributed by atoms with van der Waals surface area (Å²) in [5, 5.41) is 6.99. The fraction of sp³-hybridized carbons (Fsp3) is 0. The van der Waals surface area contributed by atoms with Crippen molar-refractivity contribution in [3.05, 3.63) is 23.8 Å². The van der Waals surface area contributed by atoms with Crippen molar-refractivity contribution in [2.24, 2.45) is 0 Å². The van der Waals surface area contributed by atoms with Crippen molar-refractivity contribution in [2.45, 2.75) is 0 Å². The van der Waals surface area contributed by atoms with E-state index in [1.165, 1.54) is 0 Å². The van der Waals surface area contributed by atoms with Crippen LogP contribution in [0.5, 0.6) is 0 Å². The lowest BCUT2D eigenvalue weighted by Crippen LogP contribution is -1.77. The number of fused-ring (bicyclic) bond motifs is 1. The molecular weight excluding hydrogens is 144 g/mol. The lowest BCUT2D eigenvalue weighted by molar-refractivity contribution is 0.112. The highest BCUT2D eigenvalue weighted by molar-refractivity contribution is 5.83. The van der Waals surface area contributed by atoms with Gasteiger partial charge in [0.1, 0.15) is 11.8 Å². The Hall–Kier alpha value is -1.71. The summed E-state index contributed by atoms with van der Waals surface area (Å²) in [5.74, 6) is 0. The number of nitrogens with zero attached hydrogens (tertiary/aromatic N) is 2. The number of aromatic nitrogens is 2. The number of benzene rings is 1. The van der Waals surface area contributed by atoms with Gasteiger partial charge in [0.2, 0.25) is 0 Å². The van der Waals surface area contributed by atoms with Gasteiger partial charge in [0.25, 0.3) is 0 Å². The van der Waals surface area contributed by atoms with Gasteiger partial charge in [0.05, 0.1) is 0 Å². The first-order chi connectivity index (χ1) is 5.40. The molecule has 4 nitrogen and oxygen atoms in total. The van der Waals surface area contributed by atoms with Gasteiger partial charge in [-0.25, -0.2) is 0 Å². The van der Waals surface area contributed by atoms with Crippen LogP contribution in [0.3, 0.4) is 0 Å². The largest absolute Gasteiger partial charge is 0.337 e. The molecule has 0 unspecified atom stereocenters. The minimum atomic E-state index is 0.577. The maximum absolute atomic E-state index is 10.3. The Morgan fingerprint density at radius 1 is 1.45 bits per heavy atom. The predicted molar refractivity (Wildman–Crippen MR) is 37.2 cm³/mol. The van der Waals surface area contributed by atoms with E-state index in [-0.39, 0.29) is 0 Å². The second-order valence-corrected chi connectivity index (χ2v) is 2.12. The van der Waals surface area contributed by atoms with Gasteiger partial charge in [0.15, 0.2) is 5.58 Å². The monoisotopic (exact) mass is 148 g/mol. The molecule has 0 atom stereocenters. The summed E-state index contributed by atoms with van der Waals surface area (Å²) in [5.41, 5.74) is 1.78. The average molecular weight is 148 g/mol. The summed E-state index contributed by atoms with van der Waals surface area (Å²) >= 11 is 0. The Kier molecular flexibility index (Phi) is 1.18. The van der Waals surface area contributed by atoms with E-state index in [0.29, 0.717) is 16.7 Å². The predicted octanol–water partition coefficient (Wildman–Crippen LogP) is 1.04. The van der Waals surface area contributed by atoms with Crippen LogP contribution >= 0.6 is 0 Å². The minimum Gasteiger partial charge on any atom is -0.337 e. The third-order valence-corrected chi connectivity index (χ3v) is 1.41. The quantitative estimate of drug-likeness (QED) is 0.567. The maximum atomic E-state index is 10.3. The molecule has 0 bridgehead atoms. The lowest BCUT2D eigenvalue weighted by Gasteiger charge is -1.85. The molecule has 54 valence electrons. The highest BCUT2D eigenvalue weighted by Gasteiger charge is 1.99. The van der Waals surface area contributed by atoms with Gasteiger partial charge in [0, 0.05) is 10.8 Å². The zero-order valence-corrected chi connectivity index (χ0v) is 5.52. The first-order valence-corrected chi connectivity index (χ1v) is 3.07. The van der Waals surface area contributed by atoms with E-state index >= 15 is 0 Å². The molecule has 0 amide bonds. The van der Waals surface area contributed by atoms with Crippen molar-refractivity contribution in [3.63, 3.8) is 0 Å². The van der Waals surface area contributed by atoms with Crippen molar-refractivity contribution >= 4 is 17.4 Å². The molecule has 0 saturated carbocycles. The van der Waals surface area contributed by atoms with Gasteiger partial charge in [-0.05, 0) is 18.2 Å². The van der Waals surface area contributed by atoms with Gasteiger partial charge < -0.3 is 4.52 Å². The fourth-order valence-electron chi connectivity index (χ4n) is 0.871. The molecular formula is C7H4N2O2. The Morgan fingerprint density at radius 2 is 2.36 bits per heavy atom. The number of carbonyl (C=O) groups excluding carboxylic acids is 1. The molecule has 4 heteroatoms. The van der Waals surface area contributed by atoms with Crippen molar-refractivity contribution in [2.75, 3.05) is 0 Å². The third-order valence-electron chi connectivity index (χ3n) is 1.41. The van der Waals surface area contributed by atoms with Crippen LogP contribution in [0.15, 0.2) is 22.7 Å². The fourth-order valence-corrected chi connectivity index (χ4v) is 0.871. The second-order valence-electron chi connectivity index (χ2n) is 2.12. The molecule has 0 N–H and O–H groups in total. The van der Waals surface area contributed by atoms with E-state index in [0.717, 1.165) is 6.29 Å². The van der Waals surface area contributed by atoms with E-state index in [2.05, 4.69) is 10.4 Å². The van der Waals surface area contributed by atoms with Crippen LogP contribution in [0, 0.1) is 0 Å². The Bertz CT molecular complexity index is 394. The van der Waals surface area contributed by atoms with Crippen LogP contribution < -0.4 is 0 Å². The molecule has 0 aliphatic carbocycles. The Balaban J connectivity index is 2.76. The standard InChI is InChI=1S/C7H4N2O2/c10-4-5-1-2-7-6(3-5)8-9-11-7/h1-4H. The molecule has 0 aliphatic rings. The van der Waals surface area contributed by atoms with Crippen LogP contribution in [0.4, 0.5) is 0 Å². The summed E-state index contributed by atoms with van der Waals surface area (Å²) < 4.78 is 4.74. The van der Waals surface area contributed by atoms with Crippen molar-refractivity contribution in [3.8, 4) is 0 Å². The third kappa shape index (κ3) is 0.881. The van der Waals surface area contributed by atoms with E-state index in [4.69, 9.17) is 4.52 Å². The van der Waals surface area contributed by atoms with Gasteiger partial charge in [-0.1, -0.05) is 0 Å². The molecule has 0 fully saturated rings. The zero-order valence-electron chi connectivity index (χ0n) is 5.52. The Morgan fingerprint density at radius 3 is 3.18 bits per heavy atom. The average Bonchev–Trinajstić information content (AvgIpc) is 2.50. The summed E-state index contributed by atoms with van der Waals surface area (Å²) in [6.45, 7) is 0. The molecule has 0 aliphatic heterocycles. The summed E-state index contributed by atoms with van der Waals surface area (Å²) in [7, 11) is 0. The van der Waals surface area contributed by atoms with Crippen LogP contribution in [0.25, 0.3) is 11.1 Å². The molecule has 1 heterocycles. The van der Waals surface area contributed by atoms with Crippen LogP contribution in [-0.2, 0) is 0 Å². The number of carbonyl (C=O) groups is 1. The SMILES string of the molecule is O=Cc1ccc2onnc2c1. The van der Waals surface area contributed by atoms with Crippen molar-refractivity contribution < 1.29 is 9.32 Å². The molecule has 2 rings (SSSR count). The molecule has 11 heavy (non-hydrogen) atoms. The van der Waals surface area contributed by atoms with Crippen LogP contribution in [0.1, 0.15) is 10.4 Å². The molecule has 0 spiro atoms. The minimum absolute atomic E-state index is 0.577. The van der Waals surface area contributed by atoms with Gasteiger partial charge in [-0.15, -0.1) is 5.10 Å². The van der Waals surface area contributed by atoms with E-state index in [1.807, 2.05) is 0 Å². The summed E-state index contributed by atoms with van der Waals surface area (Å²) in [6.07, 6.45) is 0.758. The Labute approximate surface area is 61.8 Å². The number of hydrogen-bond acceptors (Lipinski definition) is 4. The van der Waals surface area contributed by atoms with Crippen molar-refractivity contribution in [1.82, 2.24) is 10.4 Å². The summed E-state index contributed by atoms with van der Waals surface area (Å²) in [6, 6.07) is 4.94. The van der Waals surface area contributed by atoms with E-state index in [9.17, 15) is 4.79 Å². The second kappa shape index (κ2) is 2.16. The molecule has 1 aromatic heterocycles. The van der Waals surface area contributed by atoms with Gasteiger partial charge >= 0.3 is 0 Å². The van der Waals surface area contributed by atoms with Gasteiger partial charge in [-0.2, -0.15) is 0 Å². The molecule has 0 saturated heterocycles. The normalized spacial score (nSPS) is 10.2. The van der Waals surface area contributed by atoms with Gasteiger partial charge in [-0.3, -0.25) is 4.79 Å². The topological polar surface area (TPSA) is 56.0 Å². The highest BCUT2D eigenvalue weighted by Crippen LogP contribution is 2.10. The maximum Gasteiger partial charge on any atom is 0.187 e.